The van der Waals surface area contributed by atoms with Crippen LogP contribution >= 0.6 is 50.5 Å². The molecule has 0 radical (unpaired) electrons. The van der Waals surface area contributed by atoms with Crippen LogP contribution in [-0.4, -0.2) is 253 Å². The lowest BCUT2D eigenvalue weighted by Gasteiger charge is -2.34. The molecule has 24 nitrogen and oxygen atoms in total. The van der Waals surface area contributed by atoms with Crippen molar-refractivity contribution in [2.24, 2.45) is 5.41 Å². The monoisotopic (exact) mass is 912 g/mol. The van der Waals surface area contributed by atoms with Gasteiger partial charge in [-0.2, -0.15) is 50.5 Å². The van der Waals surface area contributed by atoms with Crippen LogP contribution in [0, 0.1) is 5.41 Å². The molecular weight excluding hydrogens is 861 g/mol. The molecule has 0 bridgehead atoms. The first-order valence-corrected chi connectivity index (χ1v) is 18.5. The number of rotatable bonds is 28. The second-order valence-corrected chi connectivity index (χ2v) is 14.9. The first-order valence-electron chi connectivity index (χ1n) is 16.4. The molecule has 0 rings (SSSR count). The van der Waals surface area contributed by atoms with Crippen LogP contribution in [0.1, 0.15) is 0 Å². The molecule has 0 spiro atoms. The van der Waals surface area contributed by atoms with Crippen molar-refractivity contribution < 1.29 is 120 Å². The molecule has 0 fully saturated rings. The number of carbonyl (C=O) groups is 4. The second-order valence-electron chi connectivity index (χ2n) is 12.6. The smallest absolute Gasteiger partial charge is 0.321 e. The van der Waals surface area contributed by atoms with Gasteiger partial charge in [0.2, 0.25) is 0 Å². The van der Waals surface area contributed by atoms with Crippen molar-refractivity contribution >= 4 is 74.4 Å². The van der Waals surface area contributed by atoms with E-state index >= 15 is 0 Å². The molecule has 0 aliphatic carbocycles. The Bertz CT molecular complexity index is 1040. The zero-order valence-electron chi connectivity index (χ0n) is 29.6. The third kappa shape index (κ3) is 16.9. The van der Waals surface area contributed by atoms with E-state index in [0.717, 1.165) is 0 Å². The Morgan fingerprint density at radius 2 is 0.509 bits per heavy atom. The van der Waals surface area contributed by atoms with E-state index in [9.17, 15) is 80.5 Å². The van der Waals surface area contributed by atoms with Gasteiger partial charge in [-0.25, -0.2) is 0 Å². The lowest BCUT2D eigenvalue weighted by Crippen LogP contribution is -2.51. The zero-order chi connectivity index (χ0) is 44.5. The van der Waals surface area contributed by atoms with Gasteiger partial charge in [0.1, 0.15) is 126 Å². The number of esters is 4. The average molecular weight is 913 g/mol. The van der Waals surface area contributed by atoms with Gasteiger partial charge in [-0.15, -0.1) is 0 Å². The largest absolute Gasteiger partial charge is 0.464 e. The lowest BCUT2D eigenvalue weighted by atomic mass is 9.91. The maximum Gasteiger partial charge on any atom is 0.321 e. The summed E-state index contributed by atoms with van der Waals surface area (Å²) in [5.41, 5.74) is -2.40. The summed E-state index contributed by atoms with van der Waals surface area (Å²) in [5.74, 6) is -6.17. The SMILES string of the molecule is O=C(OCC(COC(=O)[C@H](S)[C@@H](O)[C@H](O)[C@H](O)CO)(COC(=O)[C@H](S)[C@@H](O)[C@H](O)[C@H](O)CO)COC(=O)[C@H](S)[C@@H](O)[C@H](O)[C@H](O)CO)[C@H](S)[C@@H](O)[C@H](O)[C@H](O)CO. The minimum absolute atomic E-state index is 1.08. The lowest BCUT2D eigenvalue weighted by molar-refractivity contribution is -0.174. The number of hydrogen-bond acceptors (Lipinski definition) is 28. The summed E-state index contributed by atoms with van der Waals surface area (Å²) < 4.78 is 20.5. The minimum Gasteiger partial charge on any atom is -0.464 e. The highest BCUT2D eigenvalue weighted by Crippen LogP contribution is 2.26. The Morgan fingerprint density at radius 3 is 0.649 bits per heavy atom. The third-order valence-corrected chi connectivity index (χ3v) is 10.1. The van der Waals surface area contributed by atoms with Crippen LogP contribution in [0.25, 0.3) is 0 Å². The number of aliphatic hydroxyl groups excluding tert-OH is 16. The Balaban J connectivity index is 6.91. The molecule has 0 aromatic heterocycles. The fraction of sp³-hybridized carbons (Fsp3) is 0.862. The summed E-state index contributed by atoms with van der Waals surface area (Å²) in [6.07, 6.45) is -25.6. The molecular formula is C29H52O24S4. The molecule has 0 aliphatic heterocycles. The van der Waals surface area contributed by atoms with Crippen molar-refractivity contribution in [1.82, 2.24) is 0 Å². The molecule has 0 aliphatic rings. The molecule has 336 valence electrons. The van der Waals surface area contributed by atoms with Crippen molar-refractivity contribution in [3.05, 3.63) is 0 Å². The Morgan fingerprint density at radius 1 is 0.351 bits per heavy atom. The molecule has 0 unspecified atom stereocenters. The molecule has 0 aromatic carbocycles. The summed E-state index contributed by atoms with van der Waals surface area (Å²) in [5, 5.41) is 148. The van der Waals surface area contributed by atoms with E-state index < -0.39 is 176 Å². The standard InChI is InChI=1S/C29H52O24S4/c30-1-9(34)13(38)17(42)21(54)25(46)50-5-29(6-51-26(47)22(55)18(43)14(39)10(35)2-31,7-52-27(48)23(56)19(44)15(40)11(36)3-32)8-53-28(49)24(57)20(45)16(41)12(37)4-33/h9-24,30-45,54-57H,1-8H2/t9-,10-,11-,12-,13-,14-,15-,16-,17+,18+,19+,20+,21-,22-,23-,24-/m1/s1. The molecule has 28 heteroatoms. The maximum atomic E-state index is 13.0. The highest BCUT2D eigenvalue weighted by Gasteiger charge is 2.44. The molecule has 0 heterocycles. The number of hydrogen-bond donors (Lipinski definition) is 20. The van der Waals surface area contributed by atoms with Crippen LogP contribution in [0.4, 0.5) is 0 Å². The molecule has 16 N–H and O–H groups in total. The Hall–Kier alpha value is -1.36. The van der Waals surface area contributed by atoms with Gasteiger partial charge < -0.3 is 101 Å². The van der Waals surface area contributed by atoms with Gasteiger partial charge in [-0.3, -0.25) is 19.2 Å². The van der Waals surface area contributed by atoms with E-state index in [1.807, 2.05) is 0 Å². The van der Waals surface area contributed by atoms with Crippen molar-refractivity contribution in [3.8, 4) is 0 Å². The molecule has 16 atom stereocenters. The number of thiol groups is 4. The summed E-state index contributed by atoms with van der Waals surface area (Å²) in [6, 6.07) is 0. The van der Waals surface area contributed by atoms with E-state index in [1.54, 1.807) is 0 Å². The predicted octanol–water partition coefficient (Wildman–Crippen LogP) is -10.4. The van der Waals surface area contributed by atoms with Crippen LogP contribution < -0.4 is 0 Å². The fourth-order valence-corrected chi connectivity index (χ4v) is 5.14. The molecule has 0 amide bonds. The van der Waals surface area contributed by atoms with Crippen molar-refractivity contribution in [2.45, 2.75) is 94.2 Å². The van der Waals surface area contributed by atoms with Gasteiger partial charge >= 0.3 is 23.9 Å². The molecule has 0 aromatic rings. The van der Waals surface area contributed by atoms with Crippen LogP contribution in [0.3, 0.4) is 0 Å². The van der Waals surface area contributed by atoms with E-state index in [2.05, 4.69) is 50.5 Å². The quantitative estimate of drug-likeness (QED) is 0.0197. The topological polar surface area (TPSA) is 429 Å². The van der Waals surface area contributed by atoms with E-state index in [4.69, 9.17) is 39.4 Å². The van der Waals surface area contributed by atoms with Gasteiger partial charge in [-0.1, -0.05) is 0 Å². The first-order chi connectivity index (χ1) is 26.4. The van der Waals surface area contributed by atoms with Crippen LogP contribution in [-0.2, 0) is 38.1 Å². The second kappa shape index (κ2) is 26.8. The molecule has 57 heavy (non-hydrogen) atoms. The van der Waals surface area contributed by atoms with Crippen molar-refractivity contribution in [1.29, 1.82) is 0 Å². The highest BCUT2D eigenvalue weighted by molar-refractivity contribution is 7.82. The third-order valence-electron chi connectivity index (χ3n) is 8.07. The summed E-state index contributed by atoms with van der Waals surface area (Å²) >= 11 is 15.3. The first kappa shape index (κ1) is 55.6. The average Bonchev–Trinajstić information content (AvgIpc) is 3.23. The number of aliphatic hydroxyl groups is 16. The van der Waals surface area contributed by atoms with E-state index in [-0.39, 0.29) is 0 Å². The van der Waals surface area contributed by atoms with Crippen LogP contribution in [0.5, 0.6) is 0 Å². The zero-order valence-corrected chi connectivity index (χ0v) is 33.2. The normalized spacial score (nSPS) is 20.7. The van der Waals surface area contributed by atoms with E-state index in [0.29, 0.717) is 0 Å². The van der Waals surface area contributed by atoms with Crippen molar-refractivity contribution in [3.63, 3.8) is 0 Å². The van der Waals surface area contributed by atoms with Gasteiger partial charge in [0, 0.05) is 0 Å². The van der Waals surface area contributed by atoms with Crippen LogP contribution in [0.15, 0.2) is 0 Å². The number of carbonyl (C=O) groups excluding carboxylic acids is 4. The fourth-order valence-electron chi connectivity index (χ4n) is 4.14. The number of ether oxygens (including phenoxy) is 4. The molecule has 0 saturated heterocycles. The summed E-state index contributed by atoms with van der Waals surface area (Å²) in [4.78, 5) is 51.9. The van der Waals surface area contributed by atoms with Crippen molar-refractivity contribution in [2.75, 3.05) is 52.9 Å². The van der Waals surface area contributed by atoms with Gasteiger partial charge in [0.25, 0.3) is 0 Å². The van der Waals surface area contributed by atoms with E-state index in [1.165, 1.54) is 0 Å². The summed E-state index contributed by atoms with van der Waals surface area (Å²) in [6.45, 7) is -9.24. The Labute approximate surface area is 345 Å². The highest BCUT2D eigenvalue weighted by atomic mass is 32.1. The maximum absolute atomic E-state index is 13.0. The minimum atomic E-state index is -2.40. The molecule has 0 saturated carbocycles. The van der Waals surface area contributed by atoms with Crippen LogP contribution in [0.2, 0.25) is 0 Å². The van der Waals surface area contributed by atoms with Gasteiger partial charge in [0.05, 0.1) is 26.4 Å². The van der Waals surface area contributed by atoms with Gasteiger partial charge in [0.15, 0.2) is 0 Å². The summed E-state index contributed by atoms with van der Waals surface area (Å²) in [7, 11) is 0. The predicted molar refractivity (Wildman–Crippen MR) is 198 cm³/mol. The Kier molecular flexibility index (Phi) is 26.1. The van der Waals surface area contributed by atoms with Gasteiger partial charge in [-0.05, 0) is 0 Å².